The molecule has 0 aliphatic carbocycles. The van der Waals surface area contributed by atoms with Crippen LogP contribution in [-0.2, 0) is 21.3 Å². The number of nitrogens with zero attached hydrogens (tertiary/aromatic N) is 5. The number of hydrogen-bond donors (Lipinski definition) is 1. The zero-order valence-corrected chi connectivity index (χ0v) is 16.0. The molecule has 1 fully saturated rings. The molecule has 2 aromatic rings. The van der Waals surface area contributed by atoms with Crippen molar-refractivity contribution in [1.29, 1.82) is 0 Å². The summed E-state index contributed by atoms with van der Waals surface area (Å²) in [6.45, 7) is 1.12. The van der Waals surface area contributed by atoms with Crippen LogP contribution in [0, 0.1) is 5.92 Å². The highest BCUT2D eigenvalue weighted by Crippen LogP contribution is 2.18. The van der Waals surface area contributed by atoms with Crippen LogP contribution in [-0.4, -0.2) is 77.9 Å². The van der Waals surface area contributed by atoms with Gasteiger partial charge in [-0.1, -0.05) is 12.1 Å². The molecule has 1 amide bonds. The lowest BCUT2D eigenvalue weighted by atomic mass is 10.1. The number of hydrogen-bond acceptors (Lipinski definition) is 7. The predicted octanol–water partition coefficient (Wildman–Crippen LogP) is -0.642. The van der Waals surface area contributed by atoms with Gasteiger partial charge in [0.1, 0.15) is 6.33 Å². The van der Waals surface area contributed by atoms with Gasteiger partial charge in [0.15, 0.2) is 0 Å². The van der Waals surface area contributed by atoms with Crippen LogP contribution in [0.5, 0.6) is 0 Å². The van der Waals surface area contributed by atoms with Gasteiger partial charge in [0.25, 0.3) is 5.91 Å². The van der Waals surface area contributed by atoms with E-state index in [0.717, 1.165) is 5.56 Å². The molecular weight excluding hydrogens is 372 g/mol. The van der Waals surface area contributed by atoms with Gasteiger partial charge >= 0.3 is 0 Å². The quantitative estimate of drug-likeness (QED) is 0.663. The number of amides is 1. The number of ether oxygens (including phenoxy) is 1. The van der Waals surface area contributed by atoms with Gasteiger partial charge in [-0.3, -0.25) is 4.79 Å². The Morgan fingerprint density at radius 2 is 2.04 bits per heavy atom. The zero-order valence-electron chi connectivity index (χ0n) is 15.1. The lowest BCUT2D eigenvalue weighted by molar-refractivity contribution is 0.0926. The van der Waals surface area contributed by atoms with Gasteiger partial charge < -0.3 is 10.1 Å². The standard InChI is InChI=1S/C16H22N6O4S/c1-21(2)27(24,25)10-14-8-26-9-15(14)18-16(23)13-5-3-12(4-6-13)7-22-11-17-19-20-22/h3-6,11,14-15H,7-10H2,1-2H3,(H,18,23)/t14-,15+/m0/s1. The van der Waals surface area contributed by atoms with Crippen molar-refractivity contribution in [1.82, 2.24) is 29.8 Å². The minimum absolute atomic E-state index is 0.0597. The van der Waals surface area contributed by atoms with Crippen LogP contribution in [0.15, 0.2) is 30.6 Å². The van der Waals surface area contributed by atoms with Crippen molar-refractivity contribution in [2.75, 3.05) is 33.1 Å². The molecule has 1 aromatic heterocycles. The van der Waals surface area contributed by atoms with Crippen molar-refractivity contribution in [3.63, 3.8) is 0 Å². The fourth-order valence-corrected chi connectivity index (χ4v) is 3.96. The highest BCUT2D eigenvalue weighted by molar-refractivity contribution is 7.89. The summed E-state index contributed by atoms with van der Waals surface area (Å²) in [5.74, 6) is -0.595. The second-order valence-corrected chi connectivity index (χ2v) is 8.87. The highest BCUT2D eigenvalue weighted by Gasteiger charge is 2.34. The van der Waals surface area contributed by atoms with E-state index in [9.17, 15) is 13.2 Å². The van der Waals surface area contributed by atoms with E-state index in [1.807, 2.05) is 12.1 Å². The molecule has 3 rings (SSSR count). The molecule has 1 aromatic carbocycles. The van der Waals surface area contributed by atoms with Crippen LogP contribution >= 0.6 is 0 Å². The zero-order chi connectivity index (χ0) is 19.4. The molecule has 146 valence electrons. The van der Waals surface area contributed by atoms with Crippen LogP contribution < -0.4 is 5.32 Å². The molecule has 10 nitrogen and oxygen atoms in total. The maximum absolute atomic E-state index is 12.5. The molecular formula is C16H22N6O4S. The maximum atomic E-state index is 12.5. The first kappa shape index (κ1) is 19.4. The van der Waals surface area contributed by atoms with E-state index in [4.69, 9.17) is 4.74 Å². The Morgan fingerprint density at radius 1 is 1.30 bits per heavy atom. The van der Waals surface area contributed by atoms with Crippen LogP contribution in [0.2, 0.25) is 0 Å². The van der Waals surface area contributed by atoms with Crippen LogP contribution in [0.1, 0.15) is 15.9 Å². The third-order valence-electron chi connectivity index (χ3n) is 4.45. The average molecular weight is 394 g/mol. The number of rotatable bonds is 7. The summed E-state index contributed by atoms with van der Waals surface area (Å²) in [4.78, 5) is 12.5. The number of tetrazole rings is 1. The second-order valence-electron chi connectivity index (χ2n) is 6.64. The van der Waals surface area contributed by atoms with E-state index < -0.39 is 10.0 Å². The lowest BCUT2D eigenvalue weighted by Crippen LogP contribution is -2.43. The summed E-state index contributed by atoms with van der Waals surface area (Å²) in [6, 6.07) is 6.76. The molecule has 0 saturated carbocycles. The summed E-state index contributed by atoms with van der Waals surface area (Å²) in [5, 5.41) is 13.8. The van der Waals surface area contributed by atoms with Crippen molar-refractivity contribution in [2.45, 2.75) is 12.6 Å². The van der Waals surface area contributed by atoms with Crippen LogP contribution in [0.4, 0.5) is 0 Å². The molecule has 0 spiro atoms. The number of carbonyl (C=O) groups excluding carboxylic acids is 1. The Kier molecular flexibility index (Phi) is 5.82. The van der Waals surface area contributed by atoms with E-state index in [1.54, 1.807) is 16.8 Å². The first-order valence-electron chi connectivity index (χ1n) is 8.43. The smallest absolute Gasteiger partial charge is 0.251 e. The molecule has 1 aliphatic heterocycles. The summed E-state index contributed by atoms with van der Waals surface area (Å²) in [5.41, 5.74) is 1.45. The van der Waals surface area contributed by atoms with Gasteiger partial charge in [0, 0.05) is 25.6 Å². The number of benzene rings is 1. The molecule has 2 heterocycles. The Bertz CT molecular complexity index is 867. The summed E-state index contributed by atoms with van der Waals surface area (Å²) < 4.78 is 32.4. The first-order chi connectivity index (χ1) is 12.8. The monoisotopic (exact) mass is 394 g/mol. The number of aromatic nitrogens is 4. The highest BCUT2D eigenvalue weighted by atomic mass is 32.2. The van der Waals surface area contributed by atoms with Gasteiger partial charge in [0.05, 0.1) is 31.6 Å². The van der Waals surface area contributed by atoms with E-state index >= 15 is 0 Å². The Morgan fingerprint density at radius 3 is 2.67 bits per heavy atom. The predicted molar refractivity (Wildman–Crippen MR) is 96.4 cm³/mol. The molecule has 0 radical (unpaired) electrons. The van der Waals surface area contributed by atoms with Crippen molar-refractivity contribution >= 4 is 15.9 Å². The molecule has 0 unspecified atom stereocenters. The van der Waals surface area contributed by atoms with Gasteiger partial charge in [0.2, 0.25) is 10.0 Å². The minimum Gasteiger partial charge on any atom is -0.379 e. The maximum Gasteiger partial charge on any atom is 0.251 e. The number of nitrogens with one attached hydrogen (secondary N) is 1. The third kappa shape index (κ3) is 4.87. The fourth-order valence-electron chi connectivity index (χ4n) is 2.80. The van der Waals surface area contributed by atoms with Gasteiger partial charge in [-0.05, 0) is 28.1 Å². The Balaban J connectivity index is 1.60. The first-order valence-corrected chi connectivity index (χ1v) is 10.0. The number of carbonyl (C=O) groups is 1. The normalized spacial score (nSPS) is 20.1. The summed E-state index contributed by atoms with van der Waals surface area (Å²) >= 11 is 0. The second kappa shape index (κ2) is 8.11. The topological polar surface area (TPSA) is 119 Å². The van der Waals surface area contributed by atoms with E-state index in [0.29, 0.717) is 25.3 Å². The minimum atomic E-state index is -3.36. The largest absolute Gasteiger partial charge is 0.379 e. The Hall–Kier alpha value is -2.37. The van der Waals surface area contributed by atoms with Crippen LogP contribution in [0.25, 0.3) is 0 Å². The van der Waals surface area contributed by atoms with Crippen molar-refractivity contribution in [3.8, 4) is 0 Å². The molecule has 2 atom stereocenters. The van der Waals surface area contributed by atoms with Crippen molar-refractivity contribution in [2.24, 2.45) is 5.92 Å². The van der Waals surface area contributed by atoms with Crippen molar-refractivity contribution in [3.05, 3.63) is 41.7 Å². The fraction of sp³-hybridized carbons (Fsp3) is 0.500. The molecule has 27 heavy (non-hydrogen) atoms. The molecule has 1 saturated heterocycles. The van der Waals surface area contributed by atoms with E-state index in [-0.39, 0.29) is 23.6 Å². The Labute approximate surface area is 157 Å². The molecule has 11 heteroatoms. The lowest BCUT2D eigenvalue weighted by Gasteiger charge is -2.21. The van der Waals surface area contributed by atoms with Gasteiger partial charge in [-0.15, -0.1) is 5.10 Å². The van der Waals surface area contributed by atoms with Crippen LogP contribution in [0.3, 0.4) is 0 Å². The molecule has 1 N–H and O–H groups in total. The SMILES string of the molecule is CN(C)S(=O)(=O)C[C@@H]1COC[C@H]1NC(=O)c1ccc(Cn2cnnn2)cc1. The number of sulfonamides is 1. The molecule has 0 bridgehead atoms. The van der Waals surface area contributed by atoms with Gasteiger partial charge in [-0.25, -0.2) is 17.4 Å². The van der Waals surface area contributed by atoms with Gasteiger partial charge in [-0.2, -0.15) is 0 Å². The molecule has 1 aliphatic rings. The summed E-state index contributed by atoms with van der Waals surface area (Å²) in [6.07, 6.45) is 1.52. The average Bonchev–Trinajstić information content (AvgIpc) is 3.27. The third-order valence-corrected chi connectivity index (χ3v) is 6.41. The summed E-state index contributed by atoms with van der Waals surface area (Å²) in [7, 11) is -0.371. The van der Waals surface area contributed by atoms with E-state index in [1.165, 1.54) is 24.7 Å². The van der Waals surface area contributed by atoms with Crippen molar-refractivity contribution < 1.29 is 17.9 Å². The van der Waals surface area contributed by atoms with E-state index in [2.05, 4.69) is 20.8 Å².